The normalized spacial score (nSPS) is 10.3. The van der Waals surface area contributed by atoms with Gasteiger partial charge in [0.05, 0.1) is 25.5 Å². The first-order valence-electron chi connectivity index (χ1n) is 7.92. The number of carbonyl (C=O) groups is 3. The van der Waals surface area contributed by atoms with Gasteiger partial charge >= 0.3 is 5.97 Å². The molecule has 138 valence electrons. The van der Waals surface area contributed by atoms with Crippen LogP contribution in [0.1, 0.15) is 49.4 Å². The van der Waals surface area contributed by atoms with E-state index < -0.39 is 18.4 Å². The fourth-order valence-corrected chi connectivity index (χ4v) is 2.81. The number of Topliss-reactive ketones (excluding diaryl/α,β-unsaturated/α-hetero) is 2. The molecule has 1 aromatic carbocycles. The molecule has 2 rings (SSSR count). The number of aryl methyl sites for hydroxylation is 1. The Kier molecular flexibility index (Phi) is 5.82. The van der Waals surface area contributed by atoms with Gasteiger partial charge in [-0.15, -0.1) is 0 Å². The Hall–Kier alpha value is -3.09. The van der Waals surface area contributed by atoms with Crippen LogP contribution in [0.4, 0.5) is 0 Å². The number of nitrogens with one attached hydrogen (secondary N) is 1. The third-order valence-corrected chi connectivity index (χ3v) is 4.02. The van der Waals surface area contributed by atoms with E-state index in [9.17, 15) is 14.4 Å². The fourth-order valence-electron chi connectivity index (χ4n) is 2.81. The lowest BCUT2D eigenvalue weighted by molar-refractivity contribution is 0.0473. The highest BCUT2D eigenvalue weighted by Crippen LogP contribution is 2.27. The Morgan fingerprint density at radius 1 is 1.04 bits per heavy atom. The van der Waals surface area contributed by atoms with E-state index in [2.05, 4.69) is 4.98 Å². The Bertz CT molecular complexity index is 865. The van der Waals surface area contributed by atoms with Gasteiger partial charge in [0.15, 0.2) is 23.9 Å². The zero-order valence-electron chi connectivity index (χ0n) is 15.4. The molecule has 1 aromatic heterocycles. The highest BCUT2D eigenvalue weighted by molar-refractivity contribution is 6.04. The van der Waals surface area contributed by atoms with E-state index in [1.165, 1.54) is 33.3 Å². The van der Waals surface area contributed by atoms with Crippen LogP contribution < -0.4 is 9.47 Å². The molecule has 0 bridgehead atoms. The SMILES string of the molecule is COc1ccc(C(=O)OCC(=O)c2[nH]c(C)c(C(C)=O)c2C)cc1OC. The Labute approximate surface area is 151 Å². The molecule has 26 heavy (non-hydrogen) atoms. The molecular weight excluding hydrogens is 338 g/mol. The Morgan fingerprint density at radius 2 is 1.69 bits per heavy atom. The van der Waals surface area contributed by atoms with Crippen molar-refractivity contribution in [2.75, 3.05) is 20.8 Å². The molecule has 0 fully saturated rings. The molecule has 1 N–H and O–H groups in total. The van der Waals surface area contributed by atoms with Gasteiger partial charge in [0, 0.05) is 11.3 Å². The van der Waals surface area contributed by atoms with Crippen molar-refractivity contribution in [2.24, 2.45) is 0 Å². The van der Waals surface area contributed by atoms with Crippen LogP contribution in [-0.4, -0.2) is 43.3 Å². The van der Waals surface area contributed by atoms with Crippen LogP contribution in [-0.2, 0) is 4.74 Å². The monoisotopic (exact) mass is 359 g/mol. The molecule has 0 saturated heterocycles. The molecule has 7 heteroatoms. The lowest BCUT2D eigenvalue weighted by atomic mass is 10.1. The molecule has 0 aliphatic rings. The highest BCUT2D eigenvalue weighted by atomic mass is 16.5. The molecule has 0 atom stereocenters. The summed E-state index contributed by atoms with van der Waals surface area (Å²) in [7, 11) is 2.95. The molecular formula is C19H21NO6. The van der Waals surface area contributed by atoms with Crippen molar-refractivity contribution in [1.82, 2.24) is 4.98 Å². The topological polar surface area (TPSA) is 94.7 Å². The van der Waals surface area contributed by atoms with Crippen molar-refractivity contribution in [1.29, 1.82) is 0 Å². The van der Waals surface area contributed by atoms with Gasteiger partial charge in [0.1, 0.15) is 0 Å². The average molecular weight is 359 g/mol. The average Bonchev–Trinajstić information content (AvgIpc) is 2.93. The summed E-state index contributed by atoms with van der Waals surface area (Å²) in [6, 6.07) is 4.57. The maximum absolute atomic E-state index is 12.3. The van der Waals surface area contributed by atoms with E-state index in [1.807, 2.05) is 0 Å². The molecule has 0 radical (unpaired) electrons. The van der Waals surface area contributed by atoms with E-state index in [0.717, 1.165) is 0 Å². The predicted molar refractivity (Wildman–Crippen MR) is 94.4 cm³/mol. The van der Waals surface area contributed by atoms with Crippen LogP contribution in [0.15, 0.2) is 18.2 Å². The first kappa shape index (κ1) is 19.2. The van der Waals surface area contributed by atoms with Gasteiger partial charge in [-0.1, -0.05) is 0 Å². The zero-order chi connectivity index (χ0) is 19.4. The van der Waals surface area contributed by atoms with Crippen molar-refractivity contribution in [3.05, 3.63) is 46.3 Å². The van der Waals surface area contributed by atoms with Gasteiger partial charge < -0.3 is 19.2 Å². The highest BCUT2D eigenvalue weighted by Gasteiger charge is 2.21. The number of esters is 1. The summed E-state index contributed by atoms with van der Waals surface area (Å²) in [6.45, 7) is 4.40. The van der Waals surface area contributed by atoms with Crippen LogP contribution in [0.3, 0.4) is 0 Å². The summed E-state index contributed by atoms with van der Waals surface area (Å²) >= 11 is 0. The summed E-state index contributed by atoms with van der Waals surface area (Å²) in [5, 5.41) is 0. The van der Waals surface area contributed by atoms with E-state index in [4.69, 9.17) is 14.2 Å². The maximum Gasteiger partial charge on any atom is 0.338 e. The standard InChI is InChI=1S/C19H21NO6/c1-10-17(12(3)21)11(2)20-18(10)14(22)9-26-19(23)13-6-7-15(24-4)16(8-13)25-5/h6-8,20H,9H2,1-5H3. The van der Waals surface area contributed by atoms with Crippen LogP contribution in [0.2, 0.25) is 0 Å². The van der Waals surface area contributed by atoms with Crippen LogP contribution >= 0.6 is 0 Å². The lowest BCUT2D eigenvalue weighted by Gasteiger charge is -2.09. The number of aromatic nitrogens is 1. The Morgan fingerprint density at radius 3 is 2.23 bits per heavy atom. The van der Waals surface area contributed by atoms with Gasteiger partial charge in [-0.2, -0.15) is 0 Å². The van der Waals surface area contributed by atoms with Gasteiger partial charge in [-0.05, 0) is 44.5 Å². The van der Waals surface area contributed by atoms with Crippen molar-refractivity contribution in [3.63, 3.8) is 0 Å². The number of methoxy groups -OCH3 is 2. The van der Waals surface area contributed by atoms with E-state index >= 15 is 0 Å². The fraction of sp³-hybridized carbons (Fsp3) is 0.316. The largest absolute Gasteiger partial charge is 0.493 e. The third-order valence-electron chi connectivity index (χ3n) is 4.02. The number of hydrogen-bond acceptors (Lipinski definition) is 6. The first-order valence-corrected chi connectivity index (χ1v) is 7.92. The van der Waals surface area contributed by atoms with Crippen LogP contribution in [0.25, 0.3) is 0 Å². The number of benzene rings is 1. The molecule has 0 spiro atoms. The van der Waals surface area contributed by atoms with Crippen molar-refractivity contribution >= 4 is 17.5 Å². The molecule has 0 saturated carbocycles. The van der Waals surface area contributed by atoms with Gasteiger partial charge in [0.2, 0.25) is 5.78 Å². The summed E-state index contributed by atoms with van der Waals surface area (Å²) in [5.74, 6) is -0.332. The third kappa shape index (κ3) is 3.77. The second kappa shape index (κ2) is 7.86. The predicted octanol–water partition coefficient (Wildman–Crippen LogP) is 2.89. The Balaban J connectivity index is 2.11. The number of H-pyrrole nitrogens is 1. The zero-order valence-corrected chi connectivity index (χ0v) is 15.4. The minimum absolute atomic E-state index is 0.127. The summed E-state index contributed by atoms with van der Waals surface area (Å²) in [4.78, 5) is 39.1. The minimum Gasteiger partial charge on any atom is -0.493 e. The second-order valence-corrected chi connectivity index (χ2v) is 5.75. The van der Waals surface area contributed by atoms with Gasteiger partial charge in [0.25, 0.3) is 0 Å². The first-order chi connectivity index (χ1) is 12.3. The number of ketones is 2. The smallest absolute Gasteiger partial charge is 0.338 e. The molecule has 7 nitrogen and oxygen atoms in total. The summed E-state index contributed by atoms with van der Waals surface area (Å²) in [6.07, 6.45) is 0. The van der Waals surface area contributed by atoms with Crippen LogP contribution in [0, 0.1) is 13.8 Å². The van der Waals surface area contributed by atoms with Crippen molar-refractivity contribution in [3.8, 4) is 11.5 Å². The number of aromatic amines is 1. The van der Waals surface area contributed by atoms with E-state index in [0.29, 0.717) is 28.3 Å². The molecule has 2 aromatic rings. The maximum atomic E-state index is 12.3. The summed E-state index contributed by atoms with van der Waals surface area (Å²) < 4.78 is 15.3. The quantitative estimate of drug-likeness (QED) is 0.603. The molecule has 0 amide bonds. The number of hydrogen-bond donors (Lipinski definition) is 1. The molecule has 0 unspecified atom stereocenters. The molecule has 0 aliphatic heterocycles. The lowest BCUT2D eigenvalue weighted by Crippen LogP contribution is -2.15. The van der Waals surface area contributed by atoms with Crippen molar-refractivity contribution in [2.45, 2.75) is 20.8 Å². The second-order valence-electron chi connectivity index (χ2n) is 5.75. The van der Waals surface area contributed by atoms with Gasteiger partial charge in [-0.25, -0.2) is 4.79 Å². The minimum atomic E-state index is -0.660. The molecule has 0 aliphatic carbocycles. The number of carbonyl (C=O) groups excluding carboxylic acids is 3. The number of ether oxygens (including phenoxy) is 3. The van der Waals surface area contributed by atoms with Crippen molar-refractivity contribution < 1.29 is 28.6 Å². The van der Waals surface area contributed by atoms with Gasteiger partial charge in [-0.3, -0.25) is 9.59 Å². The molecule has 1 heterocycles. The number of rotatable bonds is 7. The van der Waals surface area contributed by atoms with E-state index in [1.54, 1.807) is 19.9 Å². The van der Waals surface area contributed by atoms with E-state index in [-0.39, 0.29) is 17.0 Å². The van der Waals surface area contributed by atoms with Crippen LogP contribution in [0.5, 0.6) is 11.5 Å². The summed E-state index contributed by atoms with van der Waals surface area (Å²) in [5.41, 5.74) is 2.17.